The van der Waals surface area contributed by atoms with E-state index in [4.69, 9.17) is 12.2 Å². The molecule has 0 aliphatic carbocycles. The highest BCUT2D eigenvalue weighted by molar-refractivity contribution is 7.99. The van der Waals surface area contributed by atoms with Gasteiger partial charge in [-0.05, 0) is 24.4 Å². The van der Waals surface area contributed by atoms with Gasteiger partial charge in [0.15, 0.2) is 4.77 Å². The molecule has 1 unspecified atom stereocenters. The van der Waals surface area contributed by atoms with Crippen LogP contribution in [0.1, 0.15) is 6.42 Å². The number of aromatic nitrogens is 3. The summed E-state index contributed by atoms with van der Waals surface area (Å²) in [7, 11) is 4.03. The van der Waals surface area contributed by atoms with E-state index < -0.39 is 0 Å². The van der Waals surface area contributed by atoms with E-state index in [1.165, 1.54) is 17.9 Å². The number of anilines is 1. The number of hydrogen-bond acceptors (Lipinski definition) is 4. The van der Waals surface area contributed by atoms with Gasteiger partial charge in [0, 0.05) is 25.9 Å². The predicted molar refractivity (Wildman–Crippen MR) is 62.5 cm³/mol. The number of aromatic amines is 1. The first kappa shape index (κ1) is 10.0. The third kappa shape index (κ3) is 1.68. The van der Waals surface area contributed by atoms with Gasteiger partial charge in [0.1, 0.15) is 0 Å². The molecule has 2 heterocycles. The van der Waals surface area contributed by atoms with Crippen molar-refractivity contribution in [1.82, 2.24) is 14.8 Å². The lowest BCUT2D eigenvalue weighted by atomic mass is 10.2. The van der Waals surface area contributed by atoms with Crippen LogP contribution in [-0.2, 0) is 7.05 Å². The Morgan fingerprint density at radius 2 is 2.50 bits per heavy atom. The van der Waals surface area contributed by atoms with Gasteiger partial charge in [0.25, 0.3) is 0 Å². The molecule has 1 aliphatic heterocycles. The van der Waals surface area contributed by atoms with Crippen molar-refractivity contribution < 1.29 is 0 Å². The number of nitrogens with one attached hydrogen (secondary N) is 1. The molecule has 2 rings (SSSR count). The minimum atomic E-state index is 0.601. The van der Waals surface area contributed by atoms with Crippen LogP contribution in [0.25, 0.3) is 0 Å². The van der Waals surface area contributed by atoms with E-state index in [-0.39, 0.29) is 0 Å². The first-order chi connectivity index (χ1) is 6.70. The van der Waals surface area contributed by atoms with Gasteiger partial charge in [-0.25, -0.2) is 5.10 Å². The van der Waals surface area contributed by atoms with Crippen molar-refractivity contribution >= 4 is 29.9 Å². The van der Waals surface area contributed by atoms with Crippen LogP contribution in [0, 0.1) is 4.77 Å². The van der Waals surface area contributed by atoms with Gasteiger partial charge in [-0.2, -0.15) is 11.8 Å². The van der Waals surface area contributed by atoms with Crippen LogP contribution < -0.4 is 4.90 Å². The van der Waals surface area contributed by atoms with Crippen LogP contribution >= 0.6 is 24.0 Å². The number of H-pyrrole nitrogens is 1. The Kier molecular flexibility index (Phi) is 2.83. The van der Waals surface area contributed by atoms with E-state index in [0.29, 0.717) is 10.8 Å². The van der Waals surface area contributed by atoms with Gasteiger partial charge in [0.05, 0.1) is 0 Å². The standard InChI is InChI=1S/C8H14N4S2/c1-11(6-3-4-14-5-6)7-9-10-8(13)12(7)2/h6H,3-5H2,1-2H3,(H,10,13). The molecular weight excluding hydrogens is 216 g/mol. The highest BCUT2D eigenvalue weighted by Crippen LogP contribution is 2.24. The van der Waals surface area contributed by atoms with E-state index in [1.807, 2.05) is 23.4 Å². The smallest absolute Gasteiger partial charge is 0.225 e. The second-order valence-corrected chi connectivity index (χ2v) is 5.05. The molecule has 1 saturated heterocycles. The molecule has 0 amide bonds. The van der Waals surface area contributed by atoms with Crippen LogP contribution in [0.3, 0.4) is 0 Å². The summed E-state index contributed by atoms with van der Waals surface area (Å²) in [5.74, 6) is 3.38. The molecule has 78 valence electrons. The average molecular weight is 230 g/mol. The summed E-state index contributed by atoms with van der Waals surface area (Å²) in [4.78, 5) is 2.21. The second-order valence-electron chi connectivity index (χ2n) is 3.52. The summed E-state index contributed by atoms with van der Waals surface area (Å²) < 4.78 is 2.59. The van der Waals surface area contributed by atoms with E-state index in [0.717, 1.165) is 5.95 Å². The van der Waals surface area contributed by atoms with Crippen LogP contribution in [0.4, 0.5) is 5.95 Å². The fourth-order valence-corrected chi connectivity index (χ4v) is 3.04. The number of hydrogen-bond donors (Lipinski definition) is 1. The maximum Gasteiger partial charge on any atom is 0.225 e. The number of rotatable bonds is 2. The van der Waals surface area contributed by atoms with Crippen molar-refractivity contribution in [2.45, 2.75) is 12.5 Å². The molecule has 1 aromatic rings. The second kappa shape index (κ2) is 3.94. The van der Waals surface area contributed by atoms with Gasteiger partial charge < -0.3 is 4.90 Å². The Morgan fingerprint density at radius 3 is 3.00 bits per heavy atom. The Labute approximate surface area is 92.7 Å². The third-order valence-electron chi connectivity index (χ3n) is 2.63. The zero-order valence-electron chi connectivity index (χ0n) is 8.36. The van der Waals surface area contributed by atoms with Gasteiger partial charge >= 0.3 is 0 Å². The normalized spacial score (nSPS) is 21.4. The monoisotopic (exact) mass is 230 g/mol. The van der Waals surface area contributed by atoms with Crippen molar-refractivity contribution in [1.29, 1.82) is 0 Å². The largest absolute Gasteiger partial charge is 0.340 e. The number of thioether (sulfide) groups is 1. The quantitative estimate of drug-likeness (QED) is 0.780. The molecule has 1 aromatic heterocycles. The molecule has 0 aromatic carbocycles. The van der Waals surface area contributed by atoms with E-state index >= 15 is 0 Å². The van der Waals surface area contributed by atoms with Crippen LogP contribution in [0.5, 0.6) is 0 Å². The van der Waals surface area contributed by atoms with Crippen molar-refractivity contribution in [2.24, 2.45) is 7.05 Å². The summed E-state index contributed by atoms with van der Waals surface area (Å²) in [6.45, 7) is 0. The number of nitrogens with zero attached hydrogens (tertiary/aromatic N) is 3. The fraction of sp³-hybridized carbons (Fsp3) is 0.750. The maximum atomic E-state index is 5.08. The Hall–Kier alpha value is -0.490. The summed E-state index contributed by atoms with van der Waals surface area (Å²) >= 11 is 7.08. The van der Waals surface area contributed by atoms with Crippen molar-refractivity contribution in [2.75, 3.05) is 23.5 Å². The Morgan fingerprint density at radius 1 is 1.71 bits per heavy atom. The fourth-order valence-electron chi connectivity index (χ4n) is 1.64. The zero-order chi connectivity index (χ0) is 10.1. The molecule has 1 fully saturated rings. The Bertz CT molecular complexity index is 364. The molecule has 6 heteroatoms. The summed E-state index contributed by atoms with van der Waals surface area (Å²) in [5, 5.41) is 7.03. The van der Waals surface area contributed by atoms with Crippen LogP contribution in [-0.4, -0.2) is 39.4 Å². The molecule has 1 atom stereocenters. The average Bonchev–Trinajstić information content (AvgIpc) is 2.77. The van der Waals surface area contributed by atoms with Crippen LogP contribution in [0.15, 0.2) is 0 Å². The summed E-state index contributed by atoms with van der Waals surface area (Å²) in [6, 6.07) is 0.601. The maximum absolute atomic E-state index is 5.08. The summed E-state index contributed by atoms with van der Waals surface area (Å²) in [6.07, 6.45) is 1.24. The lowest BCUT2D eigenvalue weighted by molar-refractivity contribution is 0.665. The van der Waals surface area contributed by atoms with E-state index in [9.17, 15) is 0 Å². The minimum absolute atomic E-state index is 0.601. The van der Waals surface area contributed by atoms with E-state index in [1.54, 1.807) is 0 Å². The van der Waals surface area contributed by atoms with Gasteiger partial charge in [-0.1, -0.05) is 0 Å². The van der Waals surface area contributed by atoms with Crippen molar-refractivity contribution in [3.63, 3.8) is 0 Å². The molecule has 14 heavy (non-hydrogen) atoms. The topological polar surface area (TPSA) is 36.9 Å². The molecule has 0 bridgehead atoms. The van der Waals surface area contributed by atoms with Gasteiger partial charge in [-0.15, -0.1) is 5.10 Å². The molecule has 4 nitrogen and oxygen atoms in total. The zero-order valence-corrected chi connectivity index (χ0v) is 9.99. The molecule has 1 aliphatic rings. The minimum Gasteiger partial charge on any atom is -0.340 e. The van der Waals surface area contributed by atoms with Crippen molar-refractivity contribution in [3.05, 3.63) is 4.77 Å². The van der Waals surface area contributed by atoms with Crippen molar-refractivity contribution in [3.8, 4) is 0 Å². The lowest BCUT2D eigenvalue weighted by Gasteiger charge is -2.23. The SMILES string of the molecule is CN(c1n[nH]c(=S)n1C)C1CCSC1. The highest BCUT2D eigenvalue weighted by atomic mass is 32.2. The molecule has 0 saturated carbocycles. The first-order valence-electron chi connectivity index (χ1n) is 4.62. The van der Waals surface area contributed by atoms with Gasteiger partial charge in [-0.3, -0.25) is 4.57 Å². The molecule has 0 spiro atoms. The third-order valence-corrected chi connectivity index (χ3v) is 4.14. The molecule has 1 N–H and O–H groups in total. The Balaban J connectivity index is 2.21. The van der Waals surface area contributed by atoms with E-state index in [2.05, 4.69) is 22.1 Å². The first-order valence-corrected chi connectivity index (χ1v) is 6.18. The summed E-state index contributed by atoms with van der Waals surface area (Å²) in [5.41, 5.74) is 0. The highest BCUT2D eigenvalue weighted by Gasteiger charge is 2.22. The molecule has 0 radical (unpaired) electrons. The van der Waals surface area contributed by atoms with Gasteiger partial charge in [0.2, 0.25) is 5.95 Å². The molecular formula is C8H14N4S2. The predicted octanol–water partition coefficient (Wildman–Crippen LogP) is 1.42. The van der Waals surface area contributed by atoms with Crippen LogP contribution in [0.2, 0.25) is 0 Å². The lowest BCUT2D eigenvalue weighted by Crippen LogP contribution is -2.33.